The zero-order chi connectivity index (χ0) is 19.6. The Bertz CT molecular complexity index is 529. The molecule has 5 heteroatoms. The summed E-state index contributed by atoms with van der Waals surface area (Å²) in [7, 11) is 0. The van der Waals surface area contributed by atoms with Crippen LogP contribution in [-0.2, 0) is 4.74 Å². The lowest BCUT2D eigenvalue weighted by atomic mass is 10.2. The summed E-state index contributed by atoms with van der Waals surface area (Å²) in [5.74, 6) is 0. The number of hydrogen-bond donors (Lipinski definition) is 0. The molecule has 1 aromatic heterocycles. The van der Waals surface area contributed by atoms with Crippen LogP contribution in [0.3, 0.4) is 0 Å². The average molecular weight is 352 g/mol. The fourth-order valence-electron chi connectivity index (χ4n) is 2.08. The van der Waals surface area contributed by atoms with Crippen LogP contribution in [-0.4, -0.2) is 39.5 Å². The summed E-state index contributed by atoms with van der Waals surface area (Å²) < 4.78 is 7.31. The highest BCUT2D eigenvalue weighted by molar-refractivity contribution is 5.68. The molecule has 1 aliphatic rings. The first-order valence-electron chi connectivity index (χ1n) is 9.25. The van der Waals surface area contributed by atoms with E-state index in [1.165, 1.54) is 5.57 Å². The molecular weight excluding hydrogens is 314 g/mol. The van der Waals surface area contributed by atoms with Crippen molar-refractivity contribution in [1.29, 1.82) is 0 Å². The Balaban J connectivity index is 0.000000710. The summed E-state index contributed by atoms with van der Waals surface area (Å²) in [5, 5.41) is 4.30. The highest BCUT2D eigenvalue weighted by Gasteiger charge is 2.30. The van der Waals surface area contributed by atoms with Gasteiger partial charge in [0.15, 0.2) is 0 Å². The Morgan fingerprint density at radius 2 is 1.96 bits per heavy atom. The number of aryl methyl sites for hydroxylation is 1. The third kappa shape index (κ3) is 9.32. The molecule has 0 bridgehead atoms. The predicted octanol–water partition coefficient (Wildman–Crippen LogP) is 5.37. The molecule has 0 aliphatic carbocycles. The number of allylic oxidation sites excluding steroid dienone is 1. The van der Waals surface area contributed by atoms with E-state index >= 15 is 0 Å². The van der Waals surface area contributed by atoms with Gasteiger partial charge in [0, 0.05) is 19.3 Å². The van der Waals surface area contributed by atoms with E-state index < -0.39 is 5.60 Å². The number of rotatable bonds is 2. The van der Waals surface area contributed by atoms with Crippen LogP contribution in [0.25, 0.3) is 0 Å². The van der Waals surface area contributed by atoms with Crippen molar-refractivity contribution in [1.82, 2.24) is 14.7 Å². The summed E-state index contributed by atoms with van der Waals surface area (Å²) in [6.07, 6.45) is 5.67. The van der Waals surface area contributed by atoms with E-state index in [9.17, 15) is 4.79 Å². The van der Waals surface area contributed by atoms with Crippen molar-refractivity contribution in [2.75, 3.05) is 13.1 Å². The summed E-state index contributed by atoms with van der Waals surface area (Å²) in [5.41, 5.74) is 1.97. The van der Waals surface area contributed by atoms with E-state index in [1.54, 1.807) is 4.90 Å². The minimum absolute atomic E-state index is 0.228. The summed E-state index contributed by atoms with van der Waals surface area (Å²) in [6.45, 7) is 20.9. The van der Waals surface area contributed by atoms with Crippen molar-refractivity contribution in [2.45, 2.75) is 79.9 Å². The van der Waals surface area contributed by atoms with E-state index in [4.69, 9.17) is 4.74 Å². The lowest BCUT2D eigenvalue weighted by Gasteiger charge is -2.24. The lowest BCUT2D eigenvalue weighted by molar-refractivity contribution is 0.0288. The molecule has 1 atom stereocenters. The van der Waals surface area contributed by atoms with Gasteiger partial charge >= 0.3 is 6.09 Å². The molecular formula is C20H37N3O2. The Labute approximate surface area is 154 Å². The number of aromatic nitrogens is 2. The molecule has 25 heavy (non-hydrogen) atoms. The number of ether oxygens (including phenoxy) is 1. The molecule has 5 nitrogen and oxygen atoms in total. The van der Waals surface area contributed by atoms with E-state index in [0.29, 0.717) is 6.54 Å². The molecule has 1 amide bonds. The minimum atomic E-state index is -0.433. The minimum Gasteiger partial charge on any atom is -0.444 e. The van der Waals surface area contributed by atoms with Crippen molar-refractivity contribution in [3.8, 4) is 0 Å². The molecule has 1 aromatic rings. The van der Waals surface area contributed by atoms with Gasteiger partial charge in [0.1, 0.15) is 5.60 Å². The zero-order valence-corrected chi connectivity index (χ0v) is 17.4. The van der Waals surface area contributed by atoms with E-state index in [2.05, 4.69) is 18.6 Å². The fraction of sp³-hybridized carbons (Fsp3) is 0.700. The second-order valence-electron chi connectivity index (χ2n) is 7.18. The highest BCUT2D eigenvalue weighted by Crippen LogP contribution is 2.23. The van der Waals surface area contributed by atoms with Crippen LogP contribution in [0.15, 0.2) is 24.5 Å². The number of amides is 1. The Morgan fingerprint density at radius 1 is 1.40 bits per heavy atom. The van der Waals surface area contributed by atoms with Crippen molar-refractivity contribution in [3.05, 3.63) is 30.1 Å². The quantitative estimate of drug-likeness (QED) is 0.673. The predicted molar refractivity (Wildman–Crippen MR) is 105 cm³/mol. The molecule has 0 aromatic carbocycles. The fourth-order valence-corrected chi connectivity index (χ4v) is 2.08. The van der Waals surface area contributed by atoms with E-state index in [-0.39, 0.29) is 12.1 Å². The number of carbonyl (C=O) groups is 1. The number of likely N-dealkylation sites (tertiary alicyclic amines) is 1. The largest absolute Gasteiger partial charge is 0.444 e. The van der Waals surface area contributed by atoms with Crippen LogP contribution in [0, 0.1) is 6.92 Å². The summed E-state index contributed by atoms with van der Waals surface area (Å²) in [6, 6.07) is 0.270. The summed E-state index contributed by atoms with van der Waals surface area (Å²) >= 11 is 0. The van der Waals surface area contributed by atoms with Crippen LogP contribution < -0.4 is 0 Å². The maximum Gasteiger partial charge on any atom is 0.410 e. The molecule has 1 aliphatic heterocycles. The first-order valence-corrected chi connectivity index (χ1v) is 9.25. The molecule has 0 spiro atoms. The van der Waals surface area contributed by atoms with Gasteiger partial charge in [0.2, 0.25) is 0 Å². The maximum absolute atomic E-state index is 11.9. The molecule has 144 valence electrons. The first kappa shape index (κ1) is 23.2. The van der Waals surface area contributed by atoms with Crippen molar-refractivity contribution >= 4 is 6.09 Å². The molecule has 2 heterocycles. The second-order valence-corrected chi connectivity index (χ2v) is 7.18. The Hall–Kier alpha value is -1.78. The van der Waals surface area contributed by atoms with Crippen molar-refractivity contribution in [2.24, 2.45) is 0 Å². The Kier molecular flexibility index (Phi) is 10.2. The van der Waals surface area contributed by atoms with Crippen LogP contribution in [0.1, 0.15) is 72.9 Å². The monoisotopic (exact) mass is 351 g/mol. The average Bonchev–Trinajstić information content (AvgIpc) is 3.17. The van der Waals surface area contributed by atoms with Crippen LogP contribution in [0.5, 0.6) is 0 Å². The van der Waals surface area contributed by atoms with Crippen molar-refractivity contribution < 1.29 is 9.53 Å². The molecule has 0 radical (unpaired) electrons. The highest BCUT2D eigenvalue weighted by atomic mass is 16.6. The molecule has 1 unspecified atom stereocenters. The van der Waals surface area contributed by atoms with Gasteiger partial charge in [-0.25, -0.2) is 4.79 Å². The van der Waals surface area contributed by atoms with E-state index in [1.807, 2.05) is 65.5 Å². The standard InChI is InChI=1S/C13H21N3O2.C5H10.C2H6/c1-10-7-14-16(8-10)11-5-6-15(9-11)12(17)18-13(2,3)4;1-4-5(2)3;1-2/h7-8,11H,5-6,9H2,1-4H3;2,4H2,1,3H3;1-2H3. The van der Waals surface area contributed by atoms with Gasteiger partial charge in [-0.05, 0) is 53.0 Å². The van der Waals surface area contributed by atoms with Gasteiger partial charge in [0.25, 0.3) is 0 Å². The molecule has 2 rings (SSSR count). The summed E-state index contributed by atoms with van der Waals surface area (Å²) in [4.78, 5) is 13.7. The third-order valence-corrected chi connectivity index (χ3v) is 3.52. The van der Waals surface area contributed by atoms with Crippen LogP contribution >= 0.6 is 0 Å². The normalized spacial score (nSPS) is 16.3. The number of nitrogens with zero attached hydrogens (tertiary/aromatic N) is 3. The third-order valence-electron chi connectivity index (χ3n) is 3.52. The van der Waals surface area contributed by atoms with E-state index in [0.717, 1.165) is 24.9 Å². The Morgan fingerprint density at radius 3 is 2.36 bits per heavy atom. The molecule has 1 fully saturated rings. The number of carbonyl (C=O) groups excluding carboxylic acids is 1. The number of hydrogen-bond acceptors (Lipinski definition) is 3. The van der Waals surface area contributed by atoms with Crippen LogP contribution in [0.4, 0.5) is 4.79 Å². The molecule has 0 N–H and O–H groups in total. The SMILES string of the molecule is C=C(C)CC.CC.Cc1cnn(C2CCN(C(=O)OC(C)(C)C)C2)c1. The first-order chi connectivity index (χ1) is 11.6. The van der Waals surface area contributed by atoms with Gasteiger partial charge in [-0.3, -0.25) is 4.68 Å². The molecule has 1 saturated heterocycles. The zero-order valence-electron chi connectivity index (χ0n) is 17.4. The van der Waals surface area contributed by atoms with Crippen LogP contribution in [0.2, 0.25) is 0 Å². The van der Waals surface area contributed by atoms with Gasteiger partial charge in [-0.15, -0.1) is 6.58 Å². The van der Waals surface area contributed by atoms with Gasteiger partial charge in [-0.1, -0.05) is 26.3 Å². The van der Waals surface area contributed by atoms with Gasteiger partial charge in [0.05, 0.1) is 12.2 Å². The van der Waals surface area contributed by atoms with Gasteiger partial charge < -0.3 is 9.64 Å². The van der Waals surface area contributed by atoms with Crippen molar-refractivity contribution in [3.63, 3.8) is 0 Å². The second kappa shape index (κ2) is 11.0. The topological polar surface area (TPSA) is 47.4 Å². The lowest BCUT2D eigenvalue weighted by Crippen LogP contribution is -2.35. The van der Waals surface area contributed by atoms with Gasteiger partial charge in [-0.2, -0.15) is 5.10 Å². The smallest absolute Gasteiger partial charge is 0.410 e. The maximum atomic E-state index is 11.9. The molecule has 0 saturated carbocycles.